The summed E-state index contributed by atoms with van der Waals surface area (Å²) in [4.78, 5) is 0. The minimum absolute atomic E-state index is 0.176. The summed E-state index contributed by atoms with van der Waals surface area (Å²) in [7, 11) is -3.36. The maximum absolute atomic E-state index is 12.6. The lowest BCUT2D eigenvalue weighted by molar-refractivity contribution is -0.153. The van der Waals surface area contributed by atoms with E-state index in [1.807, 2.05) is 6.92 Å². The fourth-order valence-electron chi connectivity index (χ4n) is 3.56. The van der Waals surface area contributed by atoms with Crippen LogP contribution in [0, 0.1) is 0 Å². The van der Waals surface area contributed by atoms with Crippen LogP contribution < -0.4 is 0 Å². The molecule has 1 aromatic heterocycles. The van der Waals surface area contributed by atoms with Crippen LogP contribution in [0.15, 0.2) is 21.7 Å². The number of ether oxygens (including phenoxy) is 3. The molecule has 2 fully saturated rings. The van der Waals surface area contributed by atoms with Gasteiger partial charge < -0.3 is 14.2 Å². The van der Waals surface area contributed by atoms with E-state index in [2.05, 4.69) is 0 Å². The number of piperidine rings is 1. The second-order valence-electron chi connectivity index (χ2n) is 6.55. The van der Waals surface area contributed by atoms with Gasteiger partial charge in [-0.25, -0.2) is 8.42 Å². The average molecular weight is 390 g/mol. The first-order chi connectivity index (χ1) is 12.1. The molecular formula is C17H27NO5S2. The maximum atomic E-state index is 12.6. The second kappa shape index (κ2) is 8.45. The van der Waals surface area contributed by atoms with Crippen molar-refractivity contribution in [2.45, 2.75) is 48.5 Å². The summed E-state index contributed by atoms with van der Waals surface area (Å²) in [5.41, 5.74) is -0.240. The van der Waals surface area contributed by atoms with Gasteiger partial charge in [0.25, 0.3) is 10.0 Å². The van der Waals surface area contributed by atoms with Crippen LogP contribution in [0.25, 0.3) is 0 Å². The van der Waals surface area contributed by atoms with E-state index in [0.29, 0.717) is 43.7 Å². The largest absolute Gasteiger partial charge is 0.379 e. The van der Waals surface area contributed by atoms with Crippen molar-refractivity contribution in [3.8, 4) is 0 Å². The monoisotopic (exact) mass is 389 g/mol. The molecule has 1 atom stereocenters. The Kier molecular flexibility index (Phi) is 6.51. The predicted octanol–water partition coefficient (Wildman–Crippen LogP) is 2.50. The van der Waals surface area contributed by atoms with E-state index in [1.165, 1.54) is 11.3 Å². The summed E-state index contributed by atoms with van der Waals surface area (Å²) in [6.07, 6.45) is 3.36. The summed E-state index contributed by atoms with van der Waals surface area (Å²) >= 11 is 1.27. The normalized spacial score (nSPS) is 24.6. The Morgan fingerprint density at radius 2 is 2.16 bits per heavy atom. The van der Waals surface area contributed by atoms with Gasteiger partial charge in [0.1, 0.15) is 4.21 Å². The molecule has 8 heteroatoms. The number of sulfonamides is 1. The van der Waals surface area contributed by atoms with Gasteiger partial charge in [0.15, 0.2) is 0 Å². The Morgan fingerprint density at radius 1 is 1.36 bits per heavy atom. The highest BCUT2D eigenvalue weighted by Gasteiger charge is 2.43. The van der Waals surface area contributed by atoms with E-state index in [9.17, 15) is 8.42 Å². The topological polar surface area (TPSA) is 65.1 Å². The Hall–Kier alpha value is -0.510. The van der Waals surface area contributed by atoms with Crippen LogP contribution in [-0.4, -0.2) is 63.9 Å². The van der Waals surface area contributed by atoms with Crippen molar-refractivity contribution in [2.24, 2.45) is 0 Å². The number of hydrogen-bond acceptors (Lipinski definition) is 6. The maximum Gasteiger partial charge on any atom is 0.252 e. The SMILES string of the molecule is CCOCCOC1CCOC2(CCN(S(=O)(=O)c3cccs3)CC2)C1. The first-order valence-corrected chi connectivity index (χ1v) is 11.2. The van der Waals surface area contributed by atoms with E-state index in [0.717, 1.165) is 25.7 Å². The molecule has 1 spiro atoms. The molecule has 3 rings (SSSR count). The van der Waals surface area contributed by atoms with Gasteiger partial charge in [0, 0.05) is 32.7 Å². The zero-order valence-electron chi connectivity index (χ0n) is 14.7. The van der Waals surface area contributed by atoms with Crippen LogP contribution in [0.3, 0.4) is 0 Å². The Morgan fingerprint density at radius 3 is 2.84 bits per heavy atom. The van der Waals surface area contributed by atoms with E-state index in [4.69, 9.17) is 14.2 Å². The van der Waals surface area contributed by atoms with Crippen molar-refractivity contribution in [3.05, 3.63) is 17.5 Å². The van der Waals surface area contributed by atoms with E-state index in [-0.39, 0.29) is 11.7 Å². The number of hydrogen-bond donors (Lipinski definition) is 0. The van der Waals surface area contributed by atoms with Crippen LogP contribution in [0.1, 0.15) is 32.6 Å². The third-order valence-corrected chi connectivity index (χ3v) is 8.23. The van der Waals surface area contributed by atoms with E-state index >= 15 is 0 Å². The van der Waals surface area contributed by atoms with Crippen molar-refractivity contribution < 1.29 is 22.6 Å². The van der Waals surface area contributed by atoms with Crippen LogP contribution in [0.4, 0.5) is 0 Å². The van der Waals surface area contributed by atoms with Gasteiger partial charge in [0.05, 0.1) is 24.9 Å². The van der Waals surface area contributed by atoms with Gasteiger partial charge in [0.2, 0.25) is 0 Å². The van der Waals surface area contributed by atoms with Crippen molar-refractivity contribution in [2.75, 3.05) is 39.5 Å². The summed E-state index contributed by atoms with van der Waals surface area (Å²) in [6.45, 7) is 5.59. The molecule has 0 bridgehead atoms. The molecule has 0 N–H and O–H groups in total. The molecule has 0 aromatic carbocycles. The van der Waals surface area contributed by atoms with Gasteiger partial charge in [-0.3, -0.25) is 0 Å². The van der Waals surface area contributed by atoms with Crippen molar-refractivity contribution >= 4 is 21.4 Å². The highest BCUT2D eigenvalue weighted by Crippen LogP contribution is 2.37. The van der Waals surface area contributed by atoms with Crippen LogP contribution in [0.5, 0.6) is 0 Å². The molecular weight excluding hydrogens is 362 g/mol. The highest BCUT2D eigenvalue weighted by atomic mass is 32.2. The van der Waals surface area contributed by atoms with Crippen LogP contribution in [0.2, 0.25) is 0 Å². The minimum atomic E-state index is -3.36. The Bertz CT molecular complexity index is 623. The smallest absolute Gasteiger partial charge is 0.252 e. The predicted molar refractivity (Wildman–Crippen MR) is 96.5 cm³/mol. The standard InChI is InChI=1S/C17H27NO5S2/c1-2-21-11-12-22-15-5-10-23-17(14-15)6-8-18(9-7-17)25(19,20)16-4-3-13-24-16/h3-4,13,15H,2,5-12,14H2,1H3. The molecule has 6 nitrogen and oxygen atoms in total. The van der Waals surface area contributed by atoms with Crippen LogP contribution in [-0.2, 0) is 24.2 Å². The molecule has 2 saturated heterocycles. The lowest BCUT2D eigenvalue weighted by Gasteiger charge is -2.45. The molecule has 0 aliphatic carbocycles. The zero-order valence-corrected chi connectivity index (χ0v) is 16.3. The van der Waals surface area contributed by atoms with Gasteiger partial charge >= 0.3 is 0 Å². The fourth-order valence-corrected chi connectivity index (χ4v) is 6.15. The molecule has 2 aliphatic heterocycles. The second-order valence-corrected chi connectivity index (χ2v) is 9.66. The van der Waals surface area contributed by atoms with Gasteiger partial charge in [-0.1, -0.05) is 6.07 Å². The molecule has 0 radical (unpaired) electrons. The van der Waals surface area contributed by atoms with Crippen molar-refractivity contribution in [3.63, 3.8) is 0 Å². The molecule has 142 valence electrons. The Balaban J connectivity index is 1.54. The van der Waals surface area contributed by atoms with Gasteiger partial charge in [-0.05, 0) is 37.6 Å². The number of thiophene rings is 1. The summed E-state index contributed by atoms with van der Waals surface area (Å²) in [6, 6.07) is 3.45. The molecule has 1 unspecified atom stereocenters. The number of rotatable bonds is 7. The third kappa shape index (κ3) is 4.61. The molecule has 2 aliphatic rings. The lowest BCUT2D eigenvalue weighted by atomic mass is 9.84. The molecule has 0 amide bonds. The zero-order chi connectivity index (χ0) is 17.8. The molecule has 1 aromatic rings. The highest BCUT2D eigenvalue weighted by molar-refractivity contribution is 7.91. The average Bonchev–Trinajstić information content (AvgIpc) is 3.15. The van der Waals surface area contributed by atoms with E-state index < -0.39 is 10.0 Å². The van der Waals surface area contributed by atoms with Gasteiger partial charge in [-0.2, -0.15) is 4.31 Å². The van der Waals surface area contributed by atoms with Crippen LogP contribution >= 0.6 is 11.3 Å². The quantitative estimate of drug-likeness (QED) is 0.671. The molecule has 25 heavy (non-hydrogen) atoms. The summed E-state index contributed by atoms with van der Waals surface area (Å²) < 4.78 is 44.6. The van der Waals surface area contributed by atoms with E-state index in [1.54, 1.807) is 21.8 Å². The molecule has 3 heterocycles. The fraction of sp³-hybridized carbons (Fsp3) is 0.765. The van der Waals surface area contributed by atoms with Crippen molar-refractivity contribution in [1.29, 1.82) is 0 Å². The van der Waals surface area contributed by atoms with Gasteiger partial charge in [-0.15, -0.1) is 11.3 Å². The first kappa shape index (κ1) is 19.3. The first-order valence-electron chi connectivity index (χ1n) is 8.93. The summed E-state index contributed by atoms with van der Waals surface area (Å²) in [5, 5.41) is 1.80. The lowest BCUT2D eigenvalue weighted by Crippen LogP contribution is -2.52. The molecule has 0 saturated carbocycles. The van der Waals surface area contributed by atoms with Crippen molar-refractivity contribution in [1.82, 2.24) is 4.31 Å². The minimum Gasteiger partial charge on any atom is -0.379 e. The Labute approximate surface area is 154 Å². The summed E-state index contributed by atoms with van der Waals surface area (Å²) in [5.74, 6) is 0. The third-order valence-electron chi connectivity index (χ3n) is 4.96. The number of nitrogens with zero attached hydrogens (tertiary/aromatic N) is 1.